The molecule has 0 amide bonds. The fourth-order valence-corrected chi connectivity index (χ4v) is 1.03. The van der Waals surface area contributed by atoms with E-state index in [-0.39, 0.29) is 6.42 Å². The van der Waals surface area contributed by atoms with Crippen molar-refractivity contribution in [1.82, 2.24) is 0 Å². The Hall–Kier alpha value is -1.46. The van der Waals surface area contributed by atoms with Crippen LogP contribution < -0.4 is 0 Å². The summed E-state index contributed by atoms with van der Waals surface area (Å²) in [7, 11) is 0. The molecule has 1 rings (SSSR count). The summed E-state index contributed by atoms with van der Waals surface area (Å²) in [5.74, 6) is -11.8. The highest BCUT2D eigenvalue weighted by Gasteiger charge is 2.28. The Labute approximate surface area is 81.5 Å². The summed E-state index contributed by atoms with van der Waals surface area (Å²) >= 11 is 0. The van der Waals surface area contributed by atoms with Crippen LogP contribution in [0.4, 0.5) is 22.0 Å². The third-order valence-corrected chi connectivity index (χ3v) is 1.81. The second-order valence-corrected chi connectivity index (χ2v) is 2.72. The van der Waals surface area contributed by atoms with Crippen molar-refractivity contribution in [3.63, 3.8) is 0 Å². The third-order valence-electron chi connectivity index (χ3n) is 1.81. The minimum atomic E-state index is -2.27. The van der Waals surface area contributed by atoms with E-state index in [2.05, 4.69) is 0 Å². The van der Waals surface area contributed by atoms with E-state index in [1.54, 1.807) is 0 Å². The lowest BCUT2D eigenvalue weighted by Gasteiger charge is -2.05. The van der Waals surface area contributed by atoms with Crippen LogP contribution in [0.1, 0.15) is 23.7 Å². The zero-order valence-electron chi connectivity index (χ0n) is 7.51. The summed E-state index contributed by atoms with van der Waals surface area (Å²) in [4.78, 5) is 10.9. The van der Waals surface area contributed by atoms with Crippen LogP contribution in [-0.4, -0.2) is 5.78 Å². The Kier molecular flexibility index (Phi) is 3.06. The van der Waals surface area contributed by atoms with Gasteiger partial charge in [0, 0.05) is 6.42 Å². The van der Waals surface area contributed by atoms with Crippen molar-refractivity contribution in [2.24, 2.45) is 0 Å². The maximum absolute atomic E-state index is 12.9. The number of carbonyl (C=O) groups excluding carboxylic acids is 1. The van der Waals surface area contributed by atoms with E-state index < -0.39 is 40.4 Å². The molecule has 1 nitrogen and oxygen atoms in total. The molecule has 0 aliphatic carbocycles. The summed E-state index contributed by atoms with van der Waals surface area (Å²) in [6.45, 7) is 1.25. The zero-order chi connectivity index (χ0) is 11.7. The first kappa shape index (κ1) is 11.6. The molecular weight excluding hydrogens is 219 g/mol. The van der Waals surface area contributed by atoms with E-state index in [1.807, 2.05) is 0 Å². The second kappa shape index (κ2) is 3.96. The Morgan fingerprint density at radius 2 is 1.20 bits per heavy atom. The first-order valence-corrected chi connectivity index (χ1v) is 3.96. The molecule has 0 spiro atoms. The predicted molar refractivity (Wildman–Crippen MR) is 40.9 cm³/mol. The Morgan fingerprint density at radius 1 is 0.867 bits per heavy atom. The molecule has 0 aliphatic heterocycles. The van der Waals surface area contributed by atoms with E-state index in [9.17, 15) is 26.7 Å². The van der Waals surface area contributed by atoms with Gasteiger partial charge in [0.15, 0.2) is 29.1 Å². The van der Waals surface area contributed by atoms with Crippen LogP contribution in [0, 0.1) is 29.1 Å². The van der Waals surface area contributed by atoms with Crippen LogP contribution >= 0.6 is 0 Å². The molecule has 0 atom stereocenters. The smallest absolute Gasteiger partial charge is 0.200 e. The van der Waals surface area contributed by atoms with E-state index in [4.69, 9.17) is 0 Å². The largest absolute Gasteiger partial charge is 0.294 e. The molecule has 0 radical (unpaired) electrons. The lowest BCUT2D eigenvalue weighted by atomic mass is 10.1. The normalized spacial score (nSPS) is 10.5. The van der Waals surface area contributed by atoms with Crippen LogP contribution in [0.2, 0.25) is 0 Å². The highest BCUT2D eigenvalue weighted by Crippen LogP contribution is 2.23. The number of ketones is 1. The molecule has 1 aromatic rings. The van der Waals surface area contributed by atoms with E-state index in [1.165, 1.54) is 6.92 Å². The Balaban J connectivity index is 3.60. The molecule has 0 bridgehead atoms. The van der Waals surface area contributed by atoms with Crippen LogP contribution in [0.5, 0.6) is 0 Å². The van der Waals surface area contributed by atoms with Crippen LogP contribution in [-0.2, 0) is 0 Å². The highest BCUT2D eigenvalue weighted by atomic mass is 19.2. The molecule has 0 aliphatic rings. The number of benzene rings is 1. The first-order chi connectivity index (χ1) is 6.91. The maximum Gasteiger partial charge on any atom is 0.200 e. The molecule has 0 fully saturated rings. The van der Waals surface area contributed by atoms with Crippen molar-refractivity contribution >= 4 is 5.78 Å². The number of halogens is 5. The SMILES string of the molecule is CCC(=O)c1c(F)c(F)c(F)c(F)c1F. The number of hydrogen-bond donors (Lipinski definition) is 0. The predicted octanol–water partition coefficient (Wildman–Crippen LogP) is 2.97. The summed E-state index contributed by atoms with van der Waals surface area (Å²) in [5, 5.41) is 0. The highest BCUT2D eigenvalue weighted by molar-refractivity contribution is 5.96. The number of hydrogen-bond acceptors (Lipinski definition) is 1. The zero-order valence-corrected chi connectivity index (χ0v) is 7.51. The van der Waals surface area contributed by atoms with Crippen molar-refractivity contribution in [3.05, 3.63) is 34.6 Å². The molecule has 15 heavy (non-hydrogen) atoms. The van der Waals surface area contributed by atoms with Crippen molar-refractivity contribution in [1.29, 1.82) is 0 Å². The average molecular weight is 224 g/mol. The molecule has 0 aromatic heterocycles. The molecule has 0 saturated heterocycles. The fourth-order valence-electron chi connectivity index (χ4n) is 1.03. The van der Waals surface area contributed by atoms with Gasteiger partial charge in [0.2, 0.25) is 5.82 Å². The summed E-state index contributed by atoms with van der Waals surface area (Å²) in [6.07, 6.45) is -0.349. The Bertz CT molecular complexity index is 398. The number of rotatable bonds is 2. The van der Waals surface area contributed by atoms with Crippen LogP contribution in [0.25, 0.3) is 0 Å². The third kappa shape index (κ3) is 1.71. The molecular formula is C9H5F5O. The summed E-state index contributed by atoms with van der Waals surface area (Å²) in [5.41, 5.74) is -1.38. The van der Waals surface area contributed by atoms with E-state index >= 15 is 0 Å². The molecule has 0 heterocycles. The summed E-state index contributed by atoms with van der Waals surface area (Å²) in [6, 6.07) is 0. The van der Waals surface area contributed by atoms with Gasteiger partial charge in [-0.15, -0.1) is 0 Å². The lowest BCUT2D eigenvalue weighted by Crippen LogP contribution is -2.11. The topological polar surface area (TPSA) is 17.1 Å². The van der Waals surface area contributed by atoms with Crippen molar-refractivity contribution in [3.8, 4) is 0 Å². The first-order valence-electron chi connectivity index (χ1n) is 3.96. The van der Waals surface area contributed by atoms with Gasteiger partial charge in [-0.25, -0.2) is 22.0 Å². The second-order valence-electron chi connectivity index (χ2n) is 2.72. The van der Waals surface area contributed by atoms with Gasteiger partial charge in [-0.1, -0.05) is 6.92 Å². The van der Waals surface area contributed by atoms with Gasteiger partial charge in [-0.3, -0.25) is 4.79 Å². The van der Waals surface area contributed by atoms with Crippen molar-refractivity contribution < 1.29 is 26.7 Å². The average Bonchev–Trinajstić information content (AvgIpc) is 2.23. The van der Waals surface area contributed by atoms with E-state index in [0.717, 1.165) is 0 Å². The quantitative estimate of drug-likeness (QED) is 0.326. The molecule has 82 valence electrons. The minimum absolute atomic E-state index is 0.349. The van der Waals surface area contributed by atoms with Gasteiger partial charge < -0.3 is 0 Å². The van der Waals surface area contributed by atoms with Gasteiger partial charge in [0.25, 0.3) is 0 Å². The molecule has 0 N–H and O–H groups in total. The monoisotopic (exact) mass is 224 g/mol. The van der Waals surface area contributed by atoms with Gasteiger partial charge >= 0.3 is 0 Å². The standard InChI is InChI=1S/C9H5F5O/c1-2-3(15)4-5(10)7(12)9(14)8(13)6(4)11/h2H2,1H3. The molecule has 1 aromatic carbocycles. The van der Waals surface area contributed by atoms with Gasteiger partial charge in [0.1, 0.15) is 0 Å². The lowest BCUT2D eigenvalue weighted by molar-refractivity contribution is 0.0977. The fraction of sp³-hybridized carbons (Fsp3) is 0.222. The minimum Gasteiger partial charge on any atom is -0.294 e. The van der Waals surface area contributed by atoms with Gasteiger partial charge in [0.05, 0.1) is 5.56 Å². The molecule has 0 unspecified atom stereocenters. The van der Waals surface area contributed by atoms with Crippen LogP contribution in [0.3, 0.4) is 0 Å². The van der Waals surface area contributed by atoms with Crippen LogP contribution in [0.15, 0.2) is 0 Å². The Morgan fingerprint density at radius 3 is 1.53 bits per heavy atom. The van der Waals surface area contributed by atoms with Crippen molar-refractivity contribution in [2.45, 2.75) is 13.3 Å². The van der Waals surface area contributed by atoms with Gasteiger partial charge in [-0.05, 0) is 0 Å². The van der Waals surface area contributed by atoms with E-state index in [0.29, 0.717) is 0 Å². The van der Waals surface area contributed by atoms with Crippen molar-refractivity contribution in [2.75, 3.05) is 0 Å². The molecule has 6 heteroatoms. The number of Topliss-reactive ketones (excluding diaryl/α,β-unsaturated/α-hetero) is 1. The number of carbonyl (C=O) groups is 1. The summed E-state index contributed by atoms with van der Waals surface area (Å²) < 4.78 is 63.5. The van der Waals surface area contributed by atoms with Gasteiger partial charge in [-0.2, -0.15) is 0 Å². The molecule has 0 saturated carbocycles. The maximum atomic E-state index is 12.9.